The van der Waals surface area contributed by atoms with E-state index >= 15 is 0 Å². The molecule has 0 unspecified atom stereocenters. The van der Waals surface area contributed by atoms with Crippen molar-refractivity contribution in [1.29, 1.82) is 5.26 Å². The maximum absolute atomic E-state index is 11.7. The Morgan fingerprint density at radius 2 is 1.64 bits per heavy atom. The van der Waals surface area contributed by atoms with Crippen molar-refractivity contribution in [3.05, 3.63) is 0 Å². The predicted octanol–water partition coefficient (Wildman–Crippen LogP) is 1.70. The van der Waals surface area contributed by atoms with Crippen LogP contribution < -0.4 is 10.6 Å². The Bertz CT molecular complexity index is 494. The van der Waals surface area contributed by atoms with Crippen molar-refractivity contribution >= 4 is 6.09 Å². The van der Waals surface area contributed by atoms with Gasteiger partial charge in [-0.05, 0) is 0 Å². The SMILES string of the molecule is CC(C)C#CCNC(=O)O[C@H](CC#N)COCCOCCOCCNC(C)C. The zero-order chi connectivity index (χ0) is 21.0. The molecular weight excluding hydrogens is 362 g/mol. The first-order valence-corrected chi connectivity index (χ1v) is 9.72. The molecule has 0 bridgehead atoms. The van der Waals surface area contributed by atoms with E-state index in [1.165, 1.54) is 0 Å². The van der Waals surface area contributed by atoms with Crippen LogP contribution in [0, 0.1) is 29.1 Å². The number of nitriles is 1. The van der Waals surface area contributed by atoms with Gasteiger partial charge in [-0.25, -0.2) is 4.79 Å². The van der Waals surface area contributed by atoms with E-state index in [2.05, 4.69) is 36.3 Å². The maximum Gasteiger partial charge on any atom is 0.408 e. The monoisotopic (exact) mass is 397 g/mol. The number of rotatable bonds is 15. The van der Waals surface area contributed by atoms with Crippen LogP contribution in [0.4, 0.5) is 4.79 Å². The molecule has 0 aromatic heterocycles. The number of carbonyl (C=O) groups is 1. The lowest BCUT2D eigenvalue weighted by atomic mass is 10.2. The van der Waals surface area contributed by atoms with Gasteiger partial charge in [-0.3, -0.25) is 0 Å². The molecule has 0 heterocycles. The molecule has 1 atom stereocenters. The van der Waals surface area contributed by atoms with Gasteiger partial charge in [-0.2, -0.15) is 5.26 Å². The average Bonchev–Trinajstić information content (AvgIpc) is 2.63. The Morgan fingerprint density at radius 1 is 1.00 bits per heavy atom. The lowest BCUT2D eigenvalue weighted by molar-refractivity contribution is -0.0132. The van der Waals surface area contributed by atoms with Gasteiger partial charge in [0.05, 0.1) is 58.7 Å². The Balaban J connectivity index is 3.70. The topological polar surface area (TPSA) is 102 Å². The van der Waals surface area contributed by atoms with Crippen molar-refractivity contribution in [3.63, 3.8) is 0 Å². The molecule has 8 nitrogen and oxygen atoms in total. The minimum Gasteiger partial charge on any atom is -0.443 e. The summed E-state index contributed by atoms with van der Waals surface area (Å²) in [6, 6.07) is 2.44. The van der Waals surface area contributed by atoms with Gasteiger partial charge < -0.3 is 29.6 Å². The van der Waals surface area contributed by atoms with Gasteiger partial charge in [0.15, 0.2) is 0 Å². The minimum absolute atomic E-state index is 0.0597. The van der Waals surface area contributed by atoms with Crippen molar-refractivity contribution in [1.82, 2.24) is 10.6 Å². The van der Waals surface area contributed by atoms with Gasteiger partial charge in [0.2, 0.25) is 0 Å². The number of carbonyl (C=O) groups excluding carboxylic acids is 1. The molecule has 0 aliphatic rings. The highest BCUT2D eigenvalue weighted by molar-refractivity contribution is 5.67. The molecule has 0 saturated heterocycles. The fraction of sp³-hybridized carbons (Fsp3) is 0.800. The number of ether oxygens (including phenoxy) is 4. The summed E-state index contributed by atoms with van der Waals surface area (Å²) in [4.78, 5) is 11.7. The highest BCUT2D eigenvalue weighted by Crippen LogP contribution is 2.00. The molecule has 0 saturated carbocycles. The van der Waals surface area contributed by atoms with E-state index in [9.17, 15) is 4.79 Å². The summed E-state index contributed by atoms with van der Waals surface area (Å²) in [7, 11) is 0. The lowest BCUT2D eigenvalue weighted by Gasteiger charge is -2.15. The summed E-state index contributed by atoms with van der Waals surface area (Å²) in [6.45, 7) is 11.7. The van der Waals surface area contributed by atoms with Crippen LogP contribution in [0.3, 0.4) is 0 Å². The van der Waals surface area contributed by atoms with E-state index < -0.39 is 12.2 Å². The number of amides is 1. The van der Waals surface area contributed by atoms with Crippen LogP contribution in [0.15, 0.2) is 0 Å². The second-order valence-corrected chi connectivity index (χ2v) is 6.63. The van der Waals surface area contributed by atoms with Gasteiger partial charge in [0.1, 0.15) is 6.10 Å². The van der Waals surface area contributed by atoms with E-state index in [0.717, 1.165) is 6.54 Å². The molecule has 2 N–H and O–H groups in total. The molecule has 0 spiro atoms. The first-order chi connectivity index (χ1) is 13.5. The molecule has 0 aromatic carbocycles. The van der Waals surface area contributed by atoms with Gasteiger partial charge in [-0.15, -0.1) is 0 Å². The third-order valence-electron chi connectivity index (χ3n) is 3.15. The van der Waals surface area contributed by atoms with E-state index in [1.807, 2.05) is 19.9 Å². The van der Waals surface area contributed by atoms with E-state index in [0.29, 0.717) is 39.1 Å². The van der Waals surface area contributed by atoms with E-state index in [1.54, 1.807) is 0 Å². The summed E-state index contributed by atoms with van der Waals surface area (Å²) in [5.41, 5.74) is 0. The number of nitrogens with one attached hydrogen (secondary N) is 2. The van der Waals surface area contributed by atoms with Crippen LogP contribution >= 0.6 is 0 Å². The molecule has 0 rings (SSSR count). The van der Waals surface area contributed by atoms with Crippen molar-refractivity contribution in [2.45, 2.75) is 46.3 Å². The van der Waals surface area contributed by atoms with Gasteiger partial charge in [0, 0.05) is 18.5 Å². The summed E-state index contributed by atoms with van der Waals surface area (Å²) < 4.78 is 21.4. The van der Waals surface area contributed by atoms with Crippen molar-refractivity contribution in [2.75, 3.05) is 52.7 Å². The zero-order valence-corrected chi connectivity index (χ0v) is 17.6. The third kappa shape index (κ3) is 18.9. The van der Waals surface area contributed by atoms with Gasteiger partial charge in [-0.1, -0.05) is 39.5 Å². The molecule has 0 aliphatic heterocycles. The Labute approximate surface area is 169 Å². The highest BCUT2D eigenvalue weighted by atomic mass is 16.6. The number of alkyl carbamates (subject to hydrolysis) is 1. The fourth-order valence-electron chi connectivity index (χ4n) is 1.88. The third-order valence-corrected chi connectivity index (χ3v) is 3.15. The molecule has 0 aliphatic carbocycles. The Morgan fingerprint density at radius 3 is 2.25 bits per heavy atom. The second-order valence-electron chi connectivity index (χ2n) is 6.63. The molecular formula is C20H35N3O5. The van der Waals surface area contributed by atoms with E-state index in [4.69, 9.17) is 24.2 Å². The molecule has 28 heavy (non-hydrogen) atoms. The smallest absolute Gasteiger partial charge is 0.408 e. The normalized spacial score (nSPS) is 11.6. The molecule has 0 aromatic rings. The Kier molecular flexibility index (Phi) is 17.3. The quantitative estimate of drug-likeness (QED) is 0.320. The van der Waals surface area contributed by atoms with Crippen molar-refractivity contribution in [2.24, 2.45) is 5.92 Å². The number of hydrogen-bond acceptors (Lipinski definition) is 7. The number of nitrogens with zero attached hydrogens (tertiary/aromatic N) is 1. The van der Waals surface area contributed by atoms with Crippen LogP contribution in [-0.2, 0) is 18.9 Å². The Hall–Kier alpha value is -1.84. The predicted molar refractivity (Wildman–Crippen MR) is 107 cm³/mol. The summed E-state index contributed by atoms with van der Waals surface area (Å²) >= 11 is 0. The van der Waals surface area contributed by atoms with Crippen LogP contribution in [0.5, 0.6) is 0 Å². The first-order valence-electron chi connectivity index (χ1n) is 9.72. The minimum atomic E-state index is -0.625. The second kappa shape index (κ2) is 18.5. The van der Waals surface area contributed by atoms with Gasteiger partial charge >= 0.3 is 6.09 Å². The summed E-state index contributed by atoms with van der Waals surface area (Å²) in [5, 5.41) is 14.6. The summed E-state index contributed by atoms with van der Waals surface area (Å²) in [6.07, 6.45) is -1.17. The van der Waals surface area contributed by atoms with Crippen LogP contribution in [-0.4, -0.2) is 71.0 Å². The molecule has 1 amide bonds. The lowest BCUT2D eigenvalue weighted by Crippen LogP contribution is -2.31. The van der Waals surface area contributed by atoms with Crippen LogP contribution in [0.1, 0.15) is 34.1 Å². The van der Waals surface area contributed by atoms with E-state index in [-0.39, 0.29) is 25.5 Å². The molecule has 160 valence electrons. The highest BCUT2D eigenvalue weighted by Gasteiger charge is 2.14. The van der Waals surface area contributed by atoms with Crippen LogP contribution in [0.25, 0.3) is 0 Å². The maximum atomic E-state index is 11.7. The molecule has 8 heteroatoms. The molecule has 0 radical (unpaired) electrons. The number of hydrogen-bond donors (Lipinski definition) is 2. The zero-order valence-electron chi connectivity index (χ0n) is 17.6. The van der Waals surface area contributed by atoms with Crippen molar-refractivity contribution < 1.29 is 23.7 Å². The largest absolute Gasteiger partial charge is 0.443 e. The first kappa shape index (κ1) is 26.2. The summed E-state index contributed by atoms with van der Waals surface area (Å²) in [5.74, 6) is 6.00. The van der Waals surface area contributed by atoms with Crippen molar-refractivity contribution in [3.8, 4) is 17.9 Å². The van der Waals surface area contributed by atoms with Gasteiger partial charge in [0.25, 0.3) is 0 Å². The molecule has 0 fully saturated rings. The fourth-order valence-corrected chi connectivity index (χ4v) is 1.88. The van der Waals surface area contributed by atoms with Crippen LogP contribution in [0.2, 0.25) is 0 Å². The standard InChI is InChI=1S/C20H35N3O5/c1-17(2)6-5-9-23-20(24)28-19(7-8-21)16-27-15-14-26-13-12-25-11-10-22-18(3)4/h17-19,22H,7,9-16H2,1-4H3,(H,23,24)/t19-/m1/s1. The average molecular weight is 398 g/mol.